The lowest BCUT2D eigenvalue weighted by molar-refractivity contribution is -0.137. The molecule has 0 radical (unpaired) electrons. The van der Waals surface area contributed by atoms with Crippen molar-refractivity contribution < 1.29 is 18.0 Å². The first-order valence-corrected chi connectivity index (χ1v) is 7.14. The van der Waals surface area contributed by atoms with Crippen molar-refractivity contribution in [3.05, 3.63) is 46.8 Å². The molecular formula is C16H18F3N3O. The molecule has 0 aliphatic heterocycles. The van der Waals surface area contributed by atoms with Crippen LogP contribution >= 0.6 is 0 Å². The fourth-order valence-electron chi connectivity index (χ4n) is 2.41. The van der Waals surface area contributed by atoms with Gasteiger partial charge in [0.1, 0.15) is 0 Å². The average molecular weight is 325 g/mol. The largest absolute Gasteiger partial charge is 0.416 e. The monoisotopic (exact) mass is 325 g/mol. The summed E-state index contributed by atoms with van der Waals surface area (Å²) in [6.45, 7) is 3.78. The van der Waals surface area contributed by atoms with Gasteiger partial charge in [0.25, 0.3) is 0 Å². The van der Waals surface area contributed by atoms with Crippen LogP contribution in [0.1, 0.15) is 28.9 Å². The van der Waals surface area contributed by atoms with Gasteiger partial charge in [0.2, 0.25) is 5.91 Å². The number of carbonyl (C=O) groups excluding carboxylic acids is 1. The molecule has 0 saturated carbocycles. The third-order valence-corrected chi connectivity index (χ3v) is 3.73. The van der Waals surface area contributed by atoms with Crippen molar-refractivity contribution in [2.75, 3.05) is 5.32 Å². The molecule has 7 heteroatoms. The normalized spacial score (nSPS) is 11.6. The van der Waals surface area contributed by atoms with Gasteiger partial charge in [-0.15, -0.1) is 0 Å². The third-order valence-electron chi connectivity index (χ3n) is 3.73. The van der Waals surface area contributed by atoms with Gasteiger partial charge in [0, 0.05) is 24.8 Å². The molecular weight excluding hydrogens is 307 g/mol. The number of anilines is 1. The van der Waals surface area contributed by atoms with E-state index in [1.807, 2.05) is 20.9 Å². The average Bonchev–Trinajstić information content (AvgIpc) is 2.69. The van der Waals surface area contributed by atoms with Crippen LogP contribution in [0, 0.1) is 13.8 Å². The lowest BCUT2D eigenvalue weighted by atomic mass is 10.1. The number of aryl methyl sites for hydroxylation is 2. The van der Waals surface area contributed by atoms with Crippen molar-refractivity contribution in [1.29, 1.82) is 0 Å². The molecule has 0 aliphatic carbocycles. The first-order valence-electron chi connectivity index (χ1n) is 7.14. The quantitative estimate of drug-likeness (QED) is 0.933. The van der Waals surface area contributed by atoms with Crippen molar-refractivity contribution in [2.24, 2.45) is 7.05 Å². The molecule has 0 aliphatic rings. The molecule has 23 heavy (non-hydrogen) atoms. The van der Waals surface area contributed by atoms with E-state index < -0.39 is 11.7 Å². The molecule has 0 saturated heterocycles. The number of carbonyl (C=O) groups is 1. The van der Waals surface area contributed by atoms with E-state index in [1.54, 1.807) is 4.68 Å². The smallest absolute Gasteiger partial charge is 0.326 e. The second-order valence-corrected chi connectivity index (χ2v) is 5.40. The Morgan fingerprint density at radius 2 is 2.00 bits per heavy atom. The van der Waals surface area contributed by atoms with Gasteiger partial charge >= 0.3 is 6.18 Å². The molecule has 1 amide bonds. The van der Waals surface area contributed by atoms with Gasteiger partial charge in [0.15, 0.2) is 0 Å². The van der Waals surface area contributed by atoms with Crippen LogP contribution in [-0.4, -0.2) is 15.7 Å². The maximum atomic E-state index is 12.6. The number of benzene rings is 1. The van der Waals surface area contributed by atoms with E-state index in [1.165, 1.54) is 12.1 Å². The first kappa shape index (κ1) is 17.1. The highest BCUT2D eigenvalue weighted by atomic mass is 19.4. The van der Waals surface area contributed by atoms with E-state index in [2.05, 4.69) is 10.4 Å². The van der Waals surface area contributed by atoms with E-state index in [0.717, 1.165) is 29.1 Å². The molecule has 2 rings (SSSR count). The number of rotatable bonds is 4. The van der Waals surface area contributed by atoms with Crippen LogP contribution in [0.25, 0.3) is 0 Å². The number of halogens is 3. The minimum Gasteiger partial charge on any atom is -0.326 e. The molecule has 0 atom stereocenters. The van der Waals surface area contributed by atoms with Crippen molar-refractivity contribution in [3.8, 4) is 0 Å². The maximum Gasteiger partial charge on any atom is 0.416 e. The highest BCUT2D eigenvalue weighted by molar-refractivity contribution is 5.90. The summed E-state index contributed by atoms with van der Waals surface area (Å²) in [5.41, 5.74) is 2.19. The van der Waals surface area contributed by atoms with Crippen molar-refractivity contribution in [1.82, 2.24) is 9.78 Å². The minimum atomic E-state index is -4.43. The molecule has 1 aromatic heterocycles. The summed E-state index contributed by atoms with van der Waals surface area (Å²) >= 11 is 0. The number of nitrogens with zero attached hydrogens (tertiary/aromatic N) is 2. The molecule has 0 bridgehead atoms. The zero-order chi connectivity index (χ0) is 17.2. The first-order chi connectivity index (χ1) is 10.7. The molecule has 1 N–H and O–H groups in total. The van der Waals surface area contributed by atoms with E-state index in [4.69, 9.17) is 0 Å². The Morgan fingerprint density at radius 3 is 2.57 bits per heavy atom. The van der Waals surface area contributed by atoms with Gasteiger partial charge in [-0.25, -0.2) is 0 Å². The Bertz CT molecular complexity index is 720. The summed E-state index contributed by atoms with van der Waals surface area (Å²) in [7, 11) is 1.83. The number of hydrogen-bond donors (Lipinski definition) is 1. The van der Waals surface area contributed by atoms with Gasteiger partial charge in [-0.1, -0.05) is 6.07 Å². The summed E-state index contributed by atoms with van der Waals surface area (Å²) < 4.78 is 39.7. The third kappa shape index (κ3) is 4.12. The van der Waals surface area contributed by atoms with Crippen LogP contribution in [0.15, 0.2) is 24.3 Å². The lowest BCUT2D eigenvalue weighted by Gasteiger charge is -2.10. The Labute approximate surface area is 132 Å². The van der Waals surface area contributed by atoms with Gasteiger partial charge in [-0.3, -0.25) is 9.48 Å². The summed E-state index contributed by atoms with van der Waals surface area (Å²) in [6.07, 6.45) is -3.75. The number of aromatic nitrogens is 2. The molecule has 1 aromatic carbocycles. The molecule has 0 unspecified atom stereocenters. The van der Waals surface area contributed by atoms with Gasteiger partial charge in [-0.05, 0) is 44.0 Å². The van der Waals surface area contributed by atoms with Gasteiger partial charge < -0.3 is 5.32 Å². The highest BCUT2D eigenvalue weighted by Gasteiger charge is 2.30. The predicted molar refractivity (Wildman–Crippen MR) is 81.1 cm³/mol. The van der Waals surface area contributed by atoms with Crippen LogP contribution in [0.3, 0.4) is 0 Å². The summed E-state index contributed by atoms with van der Waals surface area (Å²) in [4.78, 5) is 12.0. The van der Waals surface area contributed by atoms with Crippen molar-refractivity contribution in [3.63, 3.8) is 0 Å². The summed E-state index contributed by atoms with van der Waals surface area (Å²) in [5.74, 6) is -0.327. The SMILES string of the molecule is Cc1nn(C)c(C)c1CCC(=O)Nc1cccc(C(F)(F)F)c1. The maximum absolute atomic E-state index is 12.6. The Morgan fingerprint density at radius 1 is 1.30 bits per heavy atom. The van der Waals surface area contributed by atoms with E-state index in [-0.39, 0.29) is 18.0 Å². The van der Waals surface area contributed by atoms with Gasteiger partial charge in [0.05, 0.1) is 11.3 Å². The number of amides is 1. The lowest BCUT2D eigenvalue weighted by Crippen LogP contribution is -2.14. The van der Waals surface area contributed by atoms with Crippen LogP contribution < -0.4 is 5.32 Å². The van der Waals surface area contributed by atoms with Crippen molar-refractivity contribution in [2.45, 2.75) is 32.9 Å². The van der Waals surface area contributed by atoms with Crippen LogP contribution in [-0.2, 0) is 24.4 Å². The van der Waals surface area contributed by atoms with E-state index in [9.17, 15) is 18.0 Å². The summed E-state index contributed by atoms with van der Waals surface area (Å²) in [6, 6.07) is 4.61. The molecule has 2 aromatic rings. The Balaban J connectivity index is 2.00. The zero-order valence-corrected chi connectivity index (χ0v) is 13.2. The molecule has 0 fully saturated rings. The van der Waals surface area contributed by atoms with E-state index in [0.29, 0.717) is 6.42 Å². The molecule has 4 nitrogen and oxygen atoms in total. The Hall–Kier alpha value is -2.31. The number of hydrogen-bond acceptors (Lipinski definition) is 2. The molecule has 124 valence electrons. The van der Waals surface area contributed by atoms with Crippen LogP contribution in [0.4, 0.5) is 18.9 Å². The second-order valence-electron chi connectivity index (χ2n) is 5.40. The number of alkyl halides is 3. The topological polar surface area (TPSA) is 46.9 Å². The minimum absolute atomic E-state index is 0.143. The molecule has 1 heterocycles. The van der Waals surface area contributed by atoms with Crippen LogP contribution in [0.5, 0.6) is 0 Å². The van der Waals surface area contributed by atoms with E-state index >= 15 is 0 Å². The fraction of sp³-hybridized carbons (Fsp3) is 0.375. The summed E-state index contributed by atoms with van der Waals surface area (Å²) in [5, 5.41) is 6.78. The van der Waals surface area contributed by atoms with Gasteiger partial charge in [-0.2, -0.15) is 18.3 Å². The van der Waals surface area contributed by atoms with Crippen LogP contribution in [0.2, 0.25) is 0 Å². The highest BCUT2D eigenvalue weighted by Crippen LogP contribution is 2.30. The second kappa shape index (κ2) is 6.44. The molecule has 0 spiro atoms. The van der Waals surface area contributed by atoms with Crippen molar-refractivity contribution >= 4 is 11.6 Å². The fourth-order valence-corrected chi connectivity index (χ4v) is 2.41. The predicted octanol–water partition coefficient (Wildman–Crippen LogP) is 3.63. The standard InChI is InChI=1S/C16H18F3N3O/c1-10-14(11(2)22(3)21-10)7-8-15(23)20-13-6-4-5-12(9-13)16(17,18)19/h4-6,9H,7-8H2,1-3H3,(H,20,23). The zero-order valence-electron chi connectivity index (χ0n) is 13.2. The number of nitrogens with one attached hydrogen (secondary N) is 1. The Kier molecular flexibility index (Phi) is 4.77.